The van der Waals surface area contributed by atoms with Gasteiger partial charge in [0.2, 0.25) is 0 Å². The Bertz CT molecular complexity index is 768. The molecule has 0 spiro atoms. The van der Waals surface area contributed by atoms with Gasteiger partial charge in [0, 0.05) is 10.0 Å². The predicted molar refractivity (Wildman–Crippen MR) is 73.9 cm³/mol. The molecule has 0 aliphatic heterocycles. The number of fused-ring (bicyclic) bond motifs is 1. The van der Waals surface area contributed by atoms with Crippen molar-refractivity contribution in [2.45, 2.75) is 0 Å². The summed E-state index contributed by atoms with van der Waals surface area (Å²) < 4.78 is 2.52. The standard InChI is InChI=1S/C14H8BrN3/c15-11-5-3-4-10(8-11)14-17-12-6-1-2-7-13(12)18(14)9-16/h1-8H. The molecule has 0 aliphatic carbocycles. The Hall–Kier alpha value is -2.12. The molecular weight excluding hydrogens is 290 g/mol. The molecule has 1 heterocycles. The van der Waals surface area contributed by atoms with Crippen LogP contribution < -0.4 is 0 Å². The van der Waals surface area contributed by atoms with Gasteiger partial charge in [-0.25, -0.2) is 9.55 Å². The van der Waals surface area contributed by atoms with Crippen molar-refractivity contribution in [2.24, 2.45) is 0 Å². The summed E-state index contributed by atoms with van der Waals surface area (Å²) in [6.07, 6.45) is 2.18. The Morgan fingerprint density at radius 2 is 1.94 bits per heavy atom. The molecular formula is C14H8BrN3. The van der Waals surface area contributed by atoms with Crippen LogP contribution in [0.3, 0.4) is 0 Å². The minimum atomic E-state index is 0.667. The summed E-state index contributed by atoms with van der Waals surface area (Å²) >= 11 is 3.43. The molecule has 86 valence electrons. The number of rotatable bonds is 1. The van der Waals surface area contributed by atoms with Crippen molar-refractivity contribution >= 4 is 27.0 Å². The topological polar surface area (TPSA) is 41.6 Å². The van der Waals surface area contributed by atoms with Gasteiger partial charge >= 0.3 is 0 Å². The highest BCUT2D eigenvalue weighted by Gasteiger charge is 2.11. The van der Waals surface area contributed by atoms with Gasteiger partial charge in [0.15, 0.2) is 12.0 Å². The molecule has 0 bridgehead atoms. The van der Waals surface area contributed by atoms with E-state index in [4.69, 9.17) is 0 Å². The van der Waals surface area contributed by atoms with E-state index in [1.807, 2.05) is 48.5 Å². The second kappa shape index (κ2) is 4.28. The van der Waals surface area contributed by atoms with Gasteiger partial charge in [0.25, 0.3) is 0 Å². The van der Waals surface area contributed by atoms with Crippen molar-refractivity contribution in [3.8, 4) is 17.6 Å². The molecule has 3 rings (SSSR count). The molecule has 0 saturated carbocycles. The van der Waals surface area contributed by atoms with Crippen molar-refractivity contribution in [3.63, 3.8) is 0 Å². The Morgan fingerprint density at radius 1 is 1.11 bits per heavy atom. The summed E-state index contributed by atoms with van der Waals surface area (Å²) in [7, 11) is 0. The fourth-order valence-corrected chi connectivity index (χ4v) is 2.35. The first kappa shape index (κ1) is 11.0. The van der Waals surface area contributed by atoms with Crippen LogP contribution >= 0.6 is 15.9 Å². The highest BCUT2D eigenvalue weighted by Crippen LogP contribution is 2.25. The summed E-state index contributed by atoms with van der Waals surface area (Å²) in [6, 6.07) is 15.4. The third kappa shape index (κ3) is 1.69. The molecule has 0 saturated heterocycles. The van der Waals surface area contributed by atoms with Crippen LogP contribution in [0.5, 0.6) is 0 Å². The lowest BCUT2D eigenvalue weighted by Gasteiger charge is -2.00. The van der Waals surface area contributed by atoms with E-state index in [1.165, 1.54) is 0 Å². The maximum absolute atomic E-state index is 9.30. The fourth-order valence-electron chi connectivity index (χ4n) is 1.95. The van der Waals surface area contributed by atoms with Gasteiger partial charge in [-0.15, -0.1) is 0 Å². The van der Waals surface area contributed by atoms with E-state index in [-0.39, 0.29) is 0 Å². The smallest absolute Gasteiger partial charge is 0.190 e. The number of hydrogen-bond donors (Lipinski definition) is 0. The lowest BCUT2D eigenvalue weighted by molar-refractivity contribution is 1.12. The molecule has 3 aromatic rings. The van der Waals surface area contributed by atoms with Crippen LogP contribution in [0.25, 0.3) is 22.4 Å². The Kier molecular flexibility index (Phi) is 2.62. The molecule has 0 unspecified atom stereocenters. The number of para-hydroxylation sites is 2. The van der Waals surface area contributed by atoms with Crippen LogP contribution in [-0.2, 0) is 0 Å². The first-order valence-electron chi connectivity index (χ1n) is 5.43. The molecule has 1 aromatic heterocycles. The van der Waals surface area contributed by atoms with Gasteiger partial charge in [-0.3, -0.25) is 0 Å². The number of hydrogen-bond acceptors (Lipinski definition) is 2. The maximum atomic E-state index is 9.30. The largest absolute Gasteiger partial charge is 0.228 e. The van der Waals surface area contributed by atoms with Crippen molar-refractivity contribution < 1.29 is 0 Å². The van der Waals surface area contributed by atoms with E-state index in [1.54, 1.807) is 4.57 Å². The van der Waals surface area contributed by atoms with Crippen LogP contribution in [0.15, 0.2) is 53.0 Å². The zero-order valence-corrected chi connectivity index (χ0v) is 10.9. The Labute approximate surface area is 112 Å². The molecule has 18 heavy (non-hydrogen) atoms. The Balaban J connectivity index is 2.33. The zero-order valence-electron chi connectivity index (χ0n) is 9.34. The quantitative estimate of drug-likeness (QED) is 0.685. The minimum absolute atomic E-state index is 0.667. The number of halogens is 1. The number of imidazole rings is 1. The van der Waals surface area contributed by atoms with Gasteiger partial charge in [0.05, 0.1) is 11.0 Å². The Morgan fingerprint density at radius 3 is 2.72 bits per heavy atom. The fraction of sp³-hybridized carbons (Fsp3) is 0. The van der Waals surface area contributed by atoms with Crippen molar-refractivity contribution in [1.82, 2.24) is 9.55 Å². The molecule has 2 aromatic carbocycles. The maximum Gasteiger partial charge on any atom is 0.190 e. The highest BCUT2D eigenvalue weighted by molar-refractivity contribution is 9.10. The van der Waals surface area contributed by atoms with Crippen molar-refractivity contribution in [2.75, 3.05) is 0 Å². The van der Waals surface area contributed by atoms with E-state index < -0.39 is 0 Å². The highest BCUT2D eigenvalue weighted by atomic mass is 79.9. The van der Waals surface area contributed by atoms with Crippen LogP contribution in [0.4, 0.5) is 0 Å². The van der Waals surface area contributed by atoms with E-state index in [9.17, 15) is 5.26 Å². The SMILES string of the molecule is N#Cn1c(-c2cccc(Br)c2)nc2ccccc21. The molecule has 0 radical (unpaired) electrons. The normalized spacial score (nSPS) is 10.4. The minimum Gasteiger partial charge on any atom is -0.228 e. The average molecular weight is 298 g/mol. The number of nitriles is 1. The molecule has 0 amide bonds. The van der Waals surface area contributed by atoms with Gasteiger partial charge < -0.3 is 0 Å². The second-order valence-corrected chi connectivity index (χ2v) is 4.79. The predicted octanol–water partition coefficient (Wildman–Crippen LogP) is 3.79. The first-order chi connectivity index (χ1) is 8.79. The summed E-state index contributed by atoms with van der Waals surface area (Å²) in [5, 5.41) is 9.30. The number of nitrogens with zero attached hydrogens (tertiary/aromatic N) is 3. The van der Waals surface area contributed by atoms with E-state index >= 15 is 0 Å². The average Bonchev–Trinajstić information content (AvgIpc) is 2.77. The summed E-state index contributed by atoms with van der Waals surface area (Å²) in [5.74, 6) is 0.667. The third-order valence-corrected chi connectivity index (χ3v) is 3.24. The molecule has 4 heteroatoms. The van der Waals surface area contributed by atoms with Crippen LogP contribution in [0, 0.1) is 11.5 Å². The monoisotopic (exact) mass is 297 g/mol. The summed E-state index contributed by atoms with van der Waals surface area (Å²) in [4.78, 5) is 4.51. The summed E-state index contributed by atoms with van der Waals surface area (Å²) in [5.41, 5.74) is 2.58. The van der Waals surface area contributed by atoms with Crippen molar-refractivity contribution in [3.05, 3.63) is 53.0 Å². The van der Waals surface area contributed by atoms with Gasteiger partial charge in [0.1, 0.15) is 0 Å². The van der Waals surface area contributed by atoms with Gasteiger partial charge in [-0.05, 0) is 24.3 Å². The molecule has 3 nitrogen and oxygen atoms in total. The molecule has 0 atom stereocenters. The second-order valence-electron chi connectivity index (χ2n) is 3.87. The van der Waals surface area contributed by atoms with Crippen LogP contribution in [0.2, 0.25) is 0 Å². The van der Waals surface area contributed by atoms with Crippen molar-refractivity contribution in [1.29, 1.82) is 5.26 Å². The van der Waals surface area contributed by atoms with E-state index in [0.717, 1.165) is 21.1 Å². The lowest BCUT2D eigenvalue weighted by atomic mass is 10.2. The molecule has 0 fully saturated rings. The van der Waals surface area contributed by atoms with Gasteiger partial charge in [-0.1, -0.05) is 40.2 Å². The molecule has 0 N–H and O–H groups in total. The number of aromatic nitrogens is 2. The summed E-state index contributed by atoms with van der Waals surface area (Å²) in [6.45, 7) is 0. The van der Waals surface area contributed by atoms with Crippen LogP contribution in [-0.4, -0.2) is 9.55 Å². The van der Waals surface area contributed by atoms with E-state index in [2.05, 4.69) is 27.1 Å². The lowest BCUT2D eigenvalue weighted by Crippen LogP contribution is -1.92. The van der Waals surface area contributed by atoms with Gasteiger partial charge in [-0.2, -0.15) is 5.26 Å². The van der Waals surface area contributed by atoms with E-state index in [0.29, 0.717) is 5.82 Å². The van der Waals surface area contributed by atoms with Crippen LogP contribution in [0.1, 0.15) is 0 Å². The zero-order chi connectivity index (χ0) is 12.5. The third-order valence-electron chi connectivity index (χ3n) is 2.74. The first-order valence-corrected chi connectivity index (χ1v) is 6.22. The molecule has 0 aliphatic rings. The number of benzene rings is 2.